The van der Waals surface area contributed by atoms with Gasteiger partial charge in [0.1, 0.15) is 0 Å². The van der Waals surface area contributed by atoms with E-state index in [1.165, 1.54) is 18.3 Å². The maximum atomic E-state index is 2.48. The van der Waals surface area contributed by atoms with Crippen molar-refractivity contribution in [2.24, 2.45) is 47.3 Å². The fourth-order valence-corrected chi connectivity index (χ4v) is 4.82. The first-order valence-electron chi connectivity index (χ1n) is 7.09. The molecule has 0 bridgehead atoms. The van der Waals surface area contributed by atoms with Crippen molar-refractivity contribution >= 4 is 0 Å². The summed E-state index contributed by atoms with van der Waals surface area (Å²) in [6, 6.07) is 0. The normalized spacial score (nSPS) is 57.0. The van der Waals surface area contributed by atoms with Crippen molar-refractivity contribution in [1.82, 2.24) is 0 Å². The third kappa shape index (κ3) is 1.40. The van der Waals surface area contributed by atoms with Gasteiger partial charge in [0.15, 0.2) is 0 Å². The van der Waals surface area contributed by atoms with Gasteiger partial charge in [-0.25, -0.2) is 0 Å². The summed E-state index contributed by atoms with van der Waals surface area (Å²) < 4.78 is 0. The molecule has 15 heavy (non-hydrogen) atoms. The smallest absolute Gasteiger partial charge is 0.0326 e. The zero-order valence-corrected chi connectivity index (χ0v) is 10.7. The van der Waals surface area contributed by atoms with E-state index in [-0.39, 0.29) is 0 Å². The van der Waals surface area contributed by atoms with Crippen LogP contribution < -0.4 is 0 Å². The highest BCUT2D eigenvalue weighted by Gasteiger charge is 2.60. The molecular formula is C15H26. The van der Waals surface area contributed by atoms with Crippen LogP contribution in [-0.2, 0) is 0 Å². The zero-order valence-electron chi connectivity index (χ0n) is 10.7. The lowest BCUT2D eigenvalue weighted by Crippen LogP contribution is -2.40. The van der Waals surface area contributed by atoms with Crippen LogP contribution in [0.15, 0.2) is 0 Å². The quantitative estimate of drug-likeness (QED) is 0.649. The van der Waals surface area contributed by atoms with E-state index in [0.29, 0.717) is 0 Å². The molecule has 0 aromatic rings. The molecule has 3 fully saturated rings. The van der Waals surface area contributed by atoms with Crippen LogP contribution in [0.25, 0.3) is 0 Å². The van der Waals surface area contributed by atoms with Crippen LogP contribution >= 0.6 is 0 Å². The van der Waals surface area contributed by atoms with Crippen molar-refractivity contribution in [3.63, 3.8) is 0 Å². The molecule has 0 radical (unpaired) electrons. The molecule has 0 heteroatoms. The molecular weight excluding hydrogens is 180 g/mol. The molecule has 3 saturated carbocycles. The summed E-state index contributed by atoms with van der Waals surface area (Å²) in [7, 11) is 0. The van der Waals surface area contributed by atoms with Gasteiger partial charge in [-0.05, 0) is 66.6 Å². The van der Waals surface area contributed by atoms with Gasteiger partial charge in [0, 0.05) is 0 Å². The molecule has 3 rings (SSSR count). The van der Waals surface area contributed by atoms with Gasteiger partial charge in [0.2, 0.25) is 0 Å². The summed E-state index contributed by atoms with van der Waals surface area (Å²) in [6.07, 6.45) is 4.67. The molecule has 7 atom stereocenters. The van der Waals surface area contributed by atoms with Crippen LogP contribution in [0.1, 0.15) is 47.0 Å². The van der Waals surface area contributed by atoms with Gasteiger partial charge in [-0.2, -0.15) is 0 Å². The van der Waals surface area contributed by atoms with E-state index in [0.717, 1.165) is 35.5 Å². The summed E-state index contributed by atoms with van der Waals surface area (Å²) in [5, 5.41) is 0. The molecule has 0 aromatic carbocycles. The average molecular weight is 206 g/mol. The second kappa shape index (κ2) is 3.25. The molecule has 0 spiro atoms. The fourth-order valence-electron chi connectivity index (χ4n) is 4.82. The average Bonchev–Trinajstić information content (AvgIpc) is 2.62. The number of rotatable bonds is 3. The zero-order chi connectivity index (χ0) is 10.7. The van der Waals surface area contributed by atoms with Crippen LogP contribution in [0.2, 0.25) is 0 Å². The Morgan fingerprint density at radius 1 is 1.13 bits per heavy atom. The molecule has 0 nitrogen and oxygen atoms in total. The molecule has 0 heterocycles. The van der Waals surface area contributed by atoms with E-state index in [1.807, 2.05) is 0 Å². The summed E-state index contributed by atoms with van der Waals surface area (Å²) in [5.74, 6) is 8.69. The number of hydrogen-bond acceptors (Lipinski definition) is 0. The standard InChI is InChI=1S/C15H26/c1-8(2)12-5-9(3)13(12)6-11-7-14-10(4)15(11)14/h8-15H,5-7H2,1-4H3. The van der Waals surface area contributed by atoms with Crippen molar-refractivity contribution in [2.75, 3.05) is 0 Å². The fraction of sp³-hybridized carbons (Fsp3) is 1.00. The second-order valence-electron chi connectivity index (χ2n) is 7.12. The highest BCUT2D eigenvalue weighted by Crippen LogP contribution is 2.67. The Bertz CT molecular complexity index is 251. The van der Waals surface area contributed by atoms with Crippen molar-refractivity contribution < 1.29 is 0 Å². The van der Waals surface area contributed by atoms with Crippen molar-refractivity contribution in [1.29, 1.82) is 0 Å². The molecule has 0 saturated heterocycles. The Morgan fingerprint density at radius 3 is 2.27 bits per heavy atom. The molecule has 0 aromatic heterocycles. The van der Waals surface area contributed by atoms with E-state index < -0.39 is 0 Å². The van der Waals surface area contributed by atoms with Crippen LogP contribution in [0.5, 0.6) is 0 Å². The Balaban J connectivity index is 1.54. The summed E-state index contributed by atoms with van der Waals surface area (Å²) >= 11 is 0. The van der Waals surface area contributed by atoms with Gasteiger partial charge in [-0.15, -0.1) is 0 Å². The van der Waals surface area contributed by atoms with Crippen molar-refractivity contribution in [3.05, 3.63) is 0 Å². The molecule has 0 amide bonds. The maximum Gasteiger partial charge on any atom is -0.0326 e. The first-order chi connectivity index (χ1) is 7.09. The Morgan fingerprint density at radius 2 is 1.87 bits per heavy atom. The van der Waals surface area contributed by atoms with Crippen LogP contribution in [0.3, 0.4) is 0 Å². The summed E-state index contributed by atoms with van der Waals surface area (Å²) in [6.45, 7) is 9.80. The Hall–Kier alpha value is 0. The molecule has 0 N–H and O–H groups in total. The minimum Gasteiger partial charge on any atom is -0.0625 e. The van der Waals surface area contributed by atoms with Gasteiger partial charge < -0.3 is 0 Å². The minimum absolute atomic E-state index is 0.929. The second-order valence-corrected chi connectivity index (χ2v) is 7.12. The molecule has 7 unspecified atom stereocenters. The number of fused-ring (bicyclic) bond motifs is 1. The lowest BCUT2D eigenvalue weighted by molar-refractivity contribution is 0.0133. The maximum absolute atomic E-state index is 2.48. The highest BCUT2D eigenvalue weighted by atomic mass is 14.7. The van der Waals surface area contributed by atoms with Crippen molar-refractivity contribution in [3.8, 4) is 0 Å². The van der Waals surface area contributed by atoms with Crippen LogP contribution in [0.4, 0.5) is 0 Å². The largest absolute Gasteiger partial charge is 0.0625 e. The van der Waals surface area contributed by atoms with Gasteiger partial charge in [0.05, 0.1) is 0 Å². The monoisotopic (exact) mass is 206 g/mol. The summed E-state index contributed by atoms with van der Waals surface area (Å²) in [5.41, 5.74) is 0. The topological polar surface area (TPSA) is 0 Å². The van der Waals surface area contributed by atoms with Crippen molar-refractivity contribution in [2.45, 2.75) is 47.0 Å². The van der Waals surface area contributed by atoms with E-state index in [4.69, 9.17) is 0 Å². The van der Waals surface area contributed by atoms with Gasteiger partial charge in [-0.3, -0.25) is 0 Å². The Labute approximate surface area is 94.8 Å². The number of hydrogen-bond donors (Lipinski definition) is 0. The first kappa shape index (κ1) is 10.2. The molecule has 86 valence electrons. The SMILES string of the molecule is CC(C)C1CC(C)C1CC1CC2C(C)C12. The lowest BCUT2D eigenvalue weighted by Gasteiger charge is -2.48. The van der Waals surface area contributed by atoms with Gasteiger partial charge >= 0.3 is 0 Å². The third-order valence-corrected chi connectivity index (χ3v) is 6.11. The highest BCUT2D eigenvalue weighted by molar-refractivity contribution is 5.09. The van der Waals surface area contributed by atoms with E-state index in [2.05, 4.69) is 27.7 Å². The van der Waals surface area contributed by atoms with E-state index in [1.54, 1.807) is 12.8 Å². The van der Waals surface area contributed by atoms with Gasteiger partial charge in [-0.1, -0.05) is 27.7 Å². The Kier molecular flexibility index (Phi) is 2.20. The summed E-state index contributed by atoms with van der Waals surface area (Å²) in [4.78, 5) is 0. The van der Waals surface area contributed by atoms with Crippen LogP contribution in [-0.4, -0.2) is 0 Å². The minimum atomic E-state index is 0.929. The lowest BCUT2D eigenvalue weighted by atomic mass is 9.57. The molecule has 3 aliphatic carbocycles. The van der Waals surface area contributed by atoms with Gasteiger partial charge in [0.25, 0.3) is 0 Å². The predicted molar refractivity (Wildman–Crippen MR) is 64.5 cm³/mol. The first-order valence-corrected chi connectivity index (χ1v) is 7.09. The van der Waals surface area contributed by atoms with Crippen LogP contribution in [0, 0.1) is 47.3 Å². The predicted octanol–water partition coefficient (Wildman–Crippen LogP) is 4.21. The molecule has 0 aliphatic heterocycles. The third-order valence-electron chi connectivity index (χ3n) is 6.11. The van der Waals surface area contributed by atoms with E-state index >= 15 is 0 Å². The molecule has 3 aliphatic rings. The van der Waals surface area contributed by atoms with E-state index in [9.17, 15) is 0 Å².